The summed E-state index contributed by atoms with van der Waals surface area (Å²) in [5.41, 5.74) is 0.742. The van der Waals surface area contributed by atoms with E-state index in [1.54, 1.807) is 43.5 Å². The van der Waals surface area contributed by atoms with E-state index < -0.39 is 5.82 Å². The van der Waals surface area contributed by atoms with Crippen molar-refractivity contribution in [1.29, 1.82) is 0 Å². The first-order valence-corrected chi connectivity index (χ1v) is 8.77. The number of aromatic nitrogens is 1. The summed E-state index contributed by atoms with van der Waals surface area (Å²) in [7, 11) is 0. The van der Waals surface area contributed by atoms with Crippen LogP contribution < -0.4 is 10.9 Å². The van der Waals surface area contributed by atoms with Gasteiger partial charge in [0.15, 0.2) is 0 Å². The van der Waals surface area contributed by atoms with E-state index in [2.05, 4.69) is 5.32 Å². The number of amides is 1. The van der Waals surface area contributed by atoms with Gasteiger partial charge in [-0.05, 0) is 42.8 Å². The van der Waals surface area contributed by atoms with E-state index in [0.29, 0.717) is 22.0 Å². The topological polar surface area (TPSA) is 71.3 Å². The predicted octanol–water partition coefficient (Wildman–Crippen LogP) is 3.53. The lowest BCUT2D eigenvalue weighted by Crippen LogP contribution is -2.25. The fraction of sp³-hybridized carbons (Fsp3) is 0.200. The molecule has 1 atom stereocenters. The van der Waals surface area contributed by atoms with Crippen LogP contribution in [0.25, 0.3) is 10.8 Å². The van der Waals surface area contributed by atoms with Crippen LogP contribution in [0.5, 0.6) is 0 Å². The number of nitrogens with zero attached hydrogens (tertiary/aromatic N) is 1. The van der Waals surface area contributed by atoms with E-state index in [1.165, 1.54) is 16.7 Å². The van der Waals surface area contributed by atoms with Gasteiger partial charge in [0.25, 0.3) is 5.56 Å². The van der Waals surface area contributed by atoms with E-state index in [4.69, 9.17) is 11.6 Å². The first-order chi connectivity index (χ1) is 12.9. The second kappa shape index (κ2) is 7.90. The Kier molecular flexibility index (Phi) is 5.58. The molecule has 0 aliphatic carbocycles. The highest BCUT2D eigenvalue weighted by Gasteiger charge is 2.12. The monoisotopic (exact) mass is 388 g/mol. The van der Waals surface area contributed by atoms with Crippen LogP contribution in [0.1, 0.15) is 18.5 Å². The number of carbonyl (C=O) groups is 1. The van der Waals surface area contributed by atoms with Crippen molar-refractivity contribution >= 4 is 34.0 Å². The van der Waals surface area contributed by atoms with E-state index in [-0.39, 0.29) is 35.6 Å². The zero-order valence-electron chi connectivity index (χ0n) is 14.6. The second-order valence-electron chi connectivity index (χ2n) is 6.30. The van der Waals surface area contributed by atoms with Crippen molar-refractivity contribution < 1.29 is 14.3 Å². The number of aliphatic hydroxyl groups is 1. The van der Waals surface area contributed by atoms with Crippen molar-refractivity contribution in [2.75, 3.05) is 11.9 Å². The molecule has 2 N–H and O–H groups in total. The van der Waals surface area contributed by atoms with Crippen molar-refractivity contribution in [3.63, 3.8) is 0 Å². The molecule has 5 nitrogen and oxygen atoms in total. The second-order valence-corrected chi connectivity index (χ2v) is 6.71. The number of hydrogen-bond acceptors (Lipinski definition) is 3. The summed E-state index contributed by atoms with van der Waals surface area (Å²) in [6, 6.07) is 10.6. The van der Waals surface area contributed by atoms with Crippen LogP contribution in [0.3, 0.4) is 0 Å². The molecule has 7 heteroatoms. The van der Waals surface area contributed by atoms with Gasteiger partial charge in [0.1, 0.15) is 5.82 Å². The number of anilines is 1. The summed E-state index contributed by atoms with van der Waals surface area (Å²) in [6.07, 6.45) is 1.57. The van der Waals surface area contributed by atoms with Gasteiger partial charge in [-0.3, -0.25) is 9.59 Å². The lowest BCUT2D eigenvalue weighted by Gasteiger charge is -2.14. The molecular weight excluding hydrogens is 371 g/mol. The highest BCUT2D eigenvalue weighted by atomic mass is 35.5. The van der Waals surface area contributed by atoms with Gasteiger partial charge in [-0.15, -0.1) is 0 Å². The minimum absolute atomic E-state index is 0.00148. The molecule has 0 aliphatic heterocycles. The molecule has 0 unspecified atom stereocenters. The molecule has 1 amide bonds. The first kappa shape index (κ1) is 19.1. The summed E-state index contributed by atoms with van der Waals surface area (Å²) < 4.78 is 15.0. The van der Waals surface area contributed by atoms with Gasteiger partial charge in [0.2, 0.25) is 5.91 Å². The summed E-state index contributed by atoms with van der Waals surface area (Å²) in [5, 5.41) is 13.1. The molecule has 0 saturated carbocycles. The zero-order chi connectivity index (χ0) is 19.6. The molecule has 0 saturated heterocycles. The zero-order valence-corrected chi connectivity index (χ0v) is 15.3. The van der Waals surface area contributed by atoms with Gasteiger partial charge in [-0.1, -0.05) is 23.7 Å². The maximum atomic E-state index is 13.5. The van der Waals surface area contributed by atoms with Crippen LogP contribution in [0, 0.1) is 5.82 Å². The molecule has 1 aromatic heterocycles. The predicted molar refractivity (Wildman–Crippen MR) is 104 cm³/mol. The van der Waals surface area contributed by atoms with E-state index in [9.17, 15) is 19.1 Å². The smallest absolute Gasteiger partial charge is 0.258 e. The number of pyridine rings is 1. The van der Waals surface area contributed by atoms with Crippen LogP contribution in [0.2, 0.25) is 5.02 Å². The maximum absolute atomic E-state index is 13.5. The summed E-state index contributed by atoms with van der Waals surface area (Å²) in [5.74, 6) is -0.914. The molecule has 0 spiro atoms. The Labute approximate surface area is 160 Å². The lowest BCUT2D eigenvalue weighted by atomic mass is 10.1. The SMILES string of the molecule is C[C@@H](CO)n1ccc2c(NC(=O)Cc3ccc(Cl)c(F)c3)cccc2c1=O. The standard InChI is InChI=1S/C20H18ClFN2O3/c1-12(11-25)24-8-7-14-15(20(24)27)3-2-4-18(14)23-19(26)10-13-5-6-16(21)17(22)9-13/h2-9,12,25H,10-11H2,1H3,(H,23,26)/t12-/m0/s1. The van der Waals surface area contributed by atoms with Gasteiger partial charge in [0.05, 0.1) is 24.1 Å². The minimum atomic E-state index is -0.578. The summed E-state index contributed by atoms with van der Waals surface area (Å²) in [6.45, 7) is 1.59. The van der Waals surface area contributed by atoms with Crippen molar-refractivity contribution in [1.82, 2.24) is 4.57 Å². The maximum Gasteiger partial charge on any atom is 0.258 e. The van der Waals surface area contributed by atoms with Crippen LogP contribution in [0.15, 0.2) is 53.5 Å². The van der Waals surface area contributed by atoms with Crippen molar-refractivity contribution in [3.05, 3.63) is 75.4 Å². The van der Waals surface area contributed by atoms with E-state index in [1.807, 2.05) is 0 Å². The average molecular weight is 389 g/mol. The third kappa shape index (κ3) is 4.02. The average Bonchev–Trinajstić information content (AvgIpc) is 2.65. The Morgan fingerprint density at radius 3 is 2.74 bits per heavy atom. The molecule has 0 radical (unpaired) electrons. The van der Waals surface area contributed by atoms with Crippen molar-refractivity contribution in [2.45, 2.75) is 19.4 Å². The fourth-order valence-corrected chi connectivity index (χ4v) is 2.98. The molecule has 1 heterocycles. The van der Waals surface area contributed by atoms with Gasteiger partial charge < -0.3 is 15.0 Å². The molecule has 0 fully saturated rings. The van der Waals surface area contributed by atoms with E-state index >= 15 is 0 Å². The molecular formula is C20H18ClFN2O3. The molecule has 140 valence electrons. The van der Waals surface area contributed by atoms with Crippen LogP contribution in [0.4, 0.5) is 10.1 Å². The number of aliphatic hydroxyl groups excluding tert-OH is 1. The number of hydrogen-bond donors (Lipinski definition) is 2. The number of carbonyl (C=O) groups excluding carboxylic acids is 1. The molecule has 3 aromatic rings. The Morgan fingerprint density at radius 1 is 1.26 bits per heavy atom. The van der Waals surface area contributed by atoms with Gasteiger partial charge in [-0.25, -0.2) is 4.39 Å². The van der Waals surface area contributed by atoms with Gasteiger partial charge >= 0.3 is 0 Å². The Morgan fingerprint density at radius 2 is 2.04 bits per heavy atom. The van der Waals surface area contributed by atoms with Crippen LogP contribution >= 0.6 is 11.6 Å². The Bertz CT molecular complexity index is 1060. The van der Waals surface area contributed by atoms with E-state index in [0.717, 1.165) is 0 Å². The summed E-state index contributed by atoms with van der Waals surface area (Å²) in [4.78, 5) is 25.0. The fourth-order valence-electron chi connectivity index (χ4n) is 2.87. The quantitative estimate of drug-likeness (QED) is 0.702. The molecule has 2 aromatic carbocycles. The summed E-state index contributed by atoms with van der Waals surface area (Å²) >= 11 is 5.65. The molecule has 0 aliphatic rings. The normalized spacial score (nSPS) is 12.1. The lowest BCUT2D eigenvalue weighted by molar-refractivity contribution is -0.115. The Hall–Kier alpha value is -2.70. The highest BCUT2D eigenvalue weighted by Crippen LogP contribution is 2.22. The van der Waals surface area contributed by atoms with Crippen molar-refractivity contribution in [3.8, 4) is 0 Å². The molecule has 27 heavy (non-hydrogen) atoms. The molecule has 0 bridgehead atoms. The highest BCUT2D eigenvalue weighted by molar-refractivity contribution is 6.30. The third-order valence-electron chi connectivity index (χ3n) is 4.33. The van der Waals surface area contributed by atoms with Gasteiger partial charge in [0, 0.05) is 22.7 Å². The number of rotatable bonds is 5. The largest absolute Gasteiger partial charge is 0.394 e. The number of nitrogens with one attached hydrogen (secondary N) is 1. The van der Waals surface area contributed by atoms with Crippen LogP contribution in [-0.4, -0.2) is 22.2 Å². The number of halogens is 2. The third-order valence-corrected chi connectivity index (χ3v) is 4.64. The van der Waals surface area contributed by atoms with Crippen LogP contribution in [-0.2, 0) is 11.2 Å². The first-order valence-electron chi connectivity index (χ1n) is 8.39. The minimum Gasteiger partial charge on any atom is -0.394 e. The Balaban J connectivity index is 1.88. The number of fused-ring (bicyclic) bond motifs is 1. The van der Waals surface area contributed by atoms with Gasteiger partial charge in [-0.2, -0.15) is 0 Å². The molecule has 3 rings (SSSR count). The van der Waals surface area contributed by atoms with Crippen molar-refractivity contribution in [2.24, 2.45) is 0 Å². The number of benzene rings is 2.